The highest BCUT2D eigenvalue weighted by Gasteiger charge is 2.30. The largest absolute Gasteiger partial charge is 0.467 e. The monoisotopic (exact) mass is 483 g/mol. The van der Waals surface area contributed by atoms with Crippen molar-refractivity contribution >= 4 is 5.91 Å². The Bertz CT molecular complexity index is 1240. The van der Waals surface area contributed by atoms with E-state index in [4.69, 9.17) is 8.83 Å². The second kappa shape index (κ2) is 10.6. The van der Waals surface area contributed by atoms with E-state index in [1.807, 2.05) is 42.2 Å². The first-order chi connectivity index (χ1) is 16.8. The van der Waals surface area contributed by atoms with Crippen LogP contribution in [0.1, 0.15) is 51.8 Å². The highest BCUT2D eigenvalue weighted by Crippen LogP contribution is 2.31. The molecule has 2 heterocycles. The maximum atomic E-state index is 13.2. The molecule has 182 valence electrons. The molecule has 1 atom stereocenters. The first-order valence-electron chi connectivity index (χ1n) is 11.0. The van der Waals surface area contributed by atoms with Crippen molar-refractivity contribution in [3.63, 3.8) is 0 Å². The van der Waals surface area contributed by atoms with E-state index in [9.17, 15) is 18.0 Å². The molecular weight excluding hydrogens is 459 g/mol. The predicted octanol–water partition coefficient (Wildman–Crippen LogP) is 5.98. The Kier molecular flexibility index (Phi) is 7.36. The maximum absolute atomic E-state index is 13.2. The molecule has 0 radical (unpaired) electrons. The second-order valence-corrected chi connectivity index (χ2v) is 8.08. The standard InChI is InChI=1S/C26H24F3N3O3/c1-18(20-8-3-2-4-9-20)32(15-19-7-5-10-21(13-19)26(27,28)29)16-24-31-23(17-35-24)25(33)30-14-22-11-6-12-34-22/h2-13,17-18H,14-16H2,1H3,(H,30,33). The number of aromatic nitrogens is 1. The van der Waals surface area contributed by atoms with Crippen molar-refractivity contribution in [2.75, 3.05) is 0 Å². The molecule has 35 heavy (non-hydrogen) atoms. The normalized spacial score (nSPS) is 12.6. The molecule has 0 aliphatic carbocycles. The number of carbonyl (C=O) groups excluding carboxylic acids is 1. The van der Waals surface area contributed by atoms with Gasteiger partial charge in [-0.1, -0.05) is 48.5 Å². The van der Waals surface area contributed by atoms with Crippen molar-refractivity contribution in [2.45, 2.75) is 38.8 Å². The lowest BCUT2D eigenvalue weighted by Gasteiger charge is -2.28. The summed E-state index contributed by atoms with van der Waals surface area (Å²) in [7, 11) is 0. The van der Waals surface area contributed by atoms with Crippen LogP contribution in [0, 0.1) is 0 Å². The third kappa shape index (κ3) is 6.39. The van der Waals surface area contributed by atoms with Crippen LogP contribution >= 0.6 is 0 Å². The number of hydrogen-bond donors (Lipinski definition) is 1. The Morgan fingerprint density at radius 2 is 1.83 bits per heavy atom. The number of amides is 1. The number of nitrogens with one attached hydrogen (secondary N) is 1. The summed E-state index contributed by atoms with van der Waals surface area (Å²) >= 11 is 0. The van der Waals surface area contributed by atoms with Crippen molar-refractivity contribution in [3.05, 3.63) is 113 Å². The maximum Gasteiger partial charge on any atom is 0.416 e. The average molecular weight is 483 g/mol. The van der Waals surface area contributed by atoms with Crippen LogP contribution in [0.3, 0.4) is 0 Å². The Labute approximate surface area is 200 Å². The van der Waals surface area contributed by atoms with Gasteiger partial charge in [0.1, 0.15) is 12.0 Å². The molecule has 0 aliphatic rings. The number of furan rings is 1. The average Bonchev–Trinajstić information content (AvgIpc) is 3.54. The van der Waals surface area contributed by atoms with Crippen LogP contribution in [0.2, 0.25) is 0 Å². The smallest absolute Gasteiger partial charge is 0.416 e. The van der Waals surface area contributed by atoms with Crippen LogP contribution in [0.4, 0.5) is 13.2 Å². The molecule has 1 amide bonds. The number of benzene rings is 2. The lowest BCUT2D eigenvalue weighted by Crippen LogP contribution is -2.27. The molecule has 0 saturated heterocycles. The zero-order chi connectivity index (χ0) is 24.8. The lowest BCUT2D eigenvalue weighted by molar-refractivity contribution is -0.137. The van der Waals surface area contributed by atoms with Crippen LogP contribution < -0.4 is 5.32 Å². The van der Waals surface area contributed by atoms with Gasteiger partial charge >= 0.3 is 6.18 Å². The van der Waals surface area contributed by atoms with Crippen LogP contribution in [-0.4, -0.2) is 15.8 Å². The van der Waals surface area contributed by atoms with Gasteiger partial charge < -0.3 is 14.2 Å². The molecule has 2 aromatic carbocycles. The van der Waals surface area contributed by atoms with Gasteiger partial charge in [-0.05, 0) is 36.2 Å². The predicted molar refractivity (Wildman–Crippen MR) is 122 cm³/mol. The van der Waals surface area contributed by atoms with Crippen molar-refractivity contribution in [1.82, 2.24) is 15.2 Å². The van der Waals surface area contributed by atoms with Crippen molar-refractivity contribution in [2.24, 2.45) is 0 Å². The summed E-state index contributed by atoms with van der Waals surface area (Å²) in [6.45, 7) is 2.59. The number of oxazole rings is 1. The summed E-state index contributed by atoms with van der Waals surface area (Å²) in [6, 6.07) is 18.2. The lowest BCUT2D eigenvalue weighted by atomic mass is 10.0. The first-order valence-corrected chi connectivity index (χ1v) is 11.0. The molecule has 0 fully saturated rings. The van der Waals surface area contributed by atoms with Gasteiger partial charge in [-0.2, -0.15) is 13.2 Å². The summed E-state index contributed by atoms with van der Waals surface area (Å²) in [5.74, 6) is 0.464. The third-order valence-electron chi connectivity index (χ3n) is 5.60. The number of carbonyl (C=O) groups is 1. The highest BCUT2D eigenvalue weighted by atomic mass is 19.4. The molecule has 0 saturated carbocycles. The molecule has 6 nitrogen and oxygen atoms in total. The summed E-state index contributed by atoms with van der Waals surface area (Å²) in [4.78, 5) is 18.7. The van der Waals surface area contributed by atoms with Gasteiger partial charge in [0.05, 0.1) is 24.9 Å². The van der Waals surface area contributed by atoms with Gasteiger partial charge in [-0.25, -0.2) is 4.98 Å². The van der Waals surface area contributed by atoms with E-state index in [0.717, 1.165) is 17.7 Å². The van der Waals surface area contributed by atoms with Crippen molar-refractivity contribution in [1.29, 1.82) is 0 Å². The van der Waals surface area contributed by atoms with Gasteiger partial charge in [-0.3, -0.25) is 9.69 Å². The van der Waals surface area contributed by atoms with Crippen LogP contribution in [0.15, 0.2) is 88.1 Å². The summed E-state index contributed by atoms with van der Waals surface area (Å²) in [5, 5.41) is 2.70. The molecule has 9 heteroatoms. The summed E-state index contributed by atoms with van der Waals surface area (Å²) in [5.41, 5.74) is 0.903. The van der Waals surface area contributed by atoms with Crippen LogP contribution in [0.5, 0.6) is 0 Å². The molecule has 1 unspecified atom stereocenters. The minimum atomic E-state index is -4.42. The zero-order valence-corrected chi connectivity index (χ0v) is 19.0. The number of hydrogen-bond acceptors (Lipinski definition) is 5. The number of rotatable bonds is 9. The van der Waals surface area contributed by atoms with Crippen molar-refractivity contribution < 1.29 is 26.8 Å². The van der Waals surface area contributed by atoms with Crippen LogP contribution in [0.25, 0.3) is 0 Å². The van der Waals surface area contributed by atoms with Gasteiger partial charge in [0.25, 0.3) is 5.91 Å². The third-order valence-corrected chi connectivity index (χ3v) is 5.60. The molecule has 0 spiro atoms. The topological polar surface area (TPSA) is 71.5 Å². The first kappa shape index (κ1) is 24.3. The van der Waals surface area contributed by atoms with Gasteiger partial charge in [-0.15, -0.1) is 0 Å². The van der Waals surface area contributed by atoms with E-state index in [2.05, 4.69) is 10.3 Å². The number of alkyl halides is 3. The highest BCUT2D eigenvalue weighted by molar-refractivity contribution is 5.91. The van der Waals surface area contributed by atoms with Gasteiger partial charge in [0.2, 0.25) is 5.89 Å². The van der Waals surface area contributed by atoms with E-state index in [0.29, 0.717) is 11.3 Å². The fraction of sp³-hybridized carbons (Fsp3) is 0.231. The van der Waals surface area contributed by atoms with E-state index in [1.165, 1.54) is 18.6 Å². The molecule has 4 rings (SSSR count). The molecule has 2 aromatic heterocycles. The Morgan fingerprint density at radius 3 is 2.54 bits per heavy atom. The van der Waals surface area contributed by atoms with Gasteiger partial charge in [0.15, 0.2) is 5.69 Å². The summed E-state index contributed by atoms with van der Waals surface area (Å²) in [6.07, 6.45) is -1.64. The Hall–Kier alpha value is -3.85. The van der Waals surface area contributed by atoms with E-state index in [1.54, 1.807) is 18.2 Å². The SMILES string of the molecule is CC(c1ccccc1)N(Cc1cccc(C(F)(F)F)c1)Cc1nc(C(=O)NCc2ccco2)co1. The quantitative estimate of drug-likeness (QED) is 0.317. The molecule has 0 bridgehead atoms. The fourth-order valence-electron chi connectivity index (χ4n) is 3.69. The van der Waals surface area contributed by atoms with E-state index < -0.39 is 17.6 Å². The van der Waals surface area contributed by atoms with E-state index >= 15 is 0 Å². The Balaban J connectivity index is 1.51. The van der Waals surface area contributed by atoms with Crippen molar-refractivity contribution in [3.8, 4) is 0 Å². The molecular formula is C26H24F3N3O3. The summed E-state index contributed by atoms with van der Waals surface area (Å²) < 4.78 is 50.4. The number of nitrogens with zero attached hydrogens (tertiary/aromatic N) is 2. The molecule has 4 aromatic rings. The minimum Gasteiger partial charge on any atom is -0.467 e. The van der Waals surface area contributed by atoms with Gasteiger partial charge in [0, 0.05) is 12.6 Å². The minimum absolute atomic E-state index is 0.109. The Morgan fingerprint density at radius 1 is 1.03 bits per heavy atom. The van der Waals surface area contributed by atoms with E-state index in [-0.39, 0.29) is 37.3 Å². The molecule has 0 aliphatic heterocycles. The van der Waals surface area contributed by atoms with Crippen LogP contribution in [-0.2, 0) is 25.8 Å². The zero-order valence-electron chi connectivity index (χ0n) is 19.0. The fourth-order valence-corrected chi connectivity index (χ4v) is 3.69. The number of halogens is 3. The molecule has 1 N–H and O–H groups in total. The second-order valence-electron chi connectivity index (χ2n) is 8.08.